The van der Waals surface area contributed by atoms with Crippen LogP contribution in [0.25, 0.3) is 0 Å². The van der Waals surface area contributed by atoms with E-state index >= 15 is 0 Å². The number of nitrogens with one attached hydrogen (secondary N) is 3. The molecule has 3 N–H and O–H groups in total. The molecule has 3 saturated carbocycles. The van der Waals surface area contributed by atoms with E-state index in [1.165, 1.54) is 11.8 Å². The number of piperidine rings is 1. The van der Waals surface area contributed by atoms with Crippen LogP contribution in [-0.2, 0) is 23.9 Å². The molecule has 0 aromatic rings. The number of halogens is 3. The monoisotopic (exact) mass is 567 g/mol. The highest BCUT2D eigenvalue weighted by Crippen LogP contribution is 2.65. The first kappa shape index (κ1) is 28.6. The van der Waals surface area contributed by atoms with E-state index in [2.05, 4.69) is 10.6 Å². The van der Waals surface area contributed by atoms with Gasteiger partial charge in [0.2, 0.25) is 17.7 Å². The highest BCUT2D eigenvalue weighted by atomic mass is 19.4. The Labute approximate surface area is 230 Å². The van der Waals surface area contributed by atoms with Crippen LogP contribution in [0.3, 0.4) is 0 Å². The van der Waals surface area contributed by atoms with Gasteiger partial charge >= 0.3 is 12.1 Å². The summed E-state index contributed by atoms with van der Waals surface area (Å²) in [6.07, 6.45) is -2.43. The SMILES string of the molecule is C[C@@H](OC1(C)CC1)[C@H](NC(=O)C(F)(F)F)C(=O)N1CC2C(C1C(=O)N[C@H](C#N)C[C@@H]1CC3(CC3)NC1=O)C2(C)C. The number of nitrogens with zero attached hydrogens (tertiary/aromatic N) is 2. The van der Waals surface area contributed by atoms with Gasteiger partial charge in [-0.15, -0.1) is 0 Å². The van der Waals surface area contributed by atoms with Crippen LogP contribution in [0.1, 0.15) is 66.2 Å². The molecule has 0 radical (unpaired) electrons. The smallest absolute Gasteiger partial charge is 0.370 e. The predicted octanol–water partition coefficient (Wildman–Crippen LogP) is 1.54. The molecule has 2 aliphatic heterocycles. The van der Waals surface area contributed by atoms with Crippen LogP contribution in [0, 0.1) is 34.5 Å². The lowest BCUT2D eigenvalue weighted by atomic mass is 9.95. The van der Waals surface area contributed by atoms with Gasteiger partial charge in [0, 0.05) is 18.0 Å². The second kappa shape index (κ2) is 9.33. The molecule has 7 atom stereocenters. The van der Waals surface area contributed by atoms with E-state index in [-0.39, 0.29) is 41.7 Å². The summed E-state index contributed by atoms with van der Waals surface area (Å²) in [6.45, 7) is 7.24. The lowest BCUT2D eigenvalue weighted by Gasteiger charge is -2.35. The lowest BCUT2D eigenvalue weighted by molar-refractivity contribution is -0.177. The maximum Gasteiger partial charge on any atom is 0.471 e. The number of hydrogen-bond donors (Lipinski definition) is 3. The molecule has 13 heteroatoms. The molecule has 3 aliphatic carbocycles. The van der Waals surface area contributed by atoms with Gasteiger partial charge in [-0.1, -0.05) is 13.8 Å². The summed E-state index contributed by atoms with van der Waals surface area (Å²) in [5.41, 5.74) is -1.06. The first-order valence-electron chi connectivity index (χ1n) is 13.9. The predicted molar refractivity (Wildman–Crippen MR) is 133 cm³/mol. The van der Waals surface area contributed by atoms with Crippen molar-refractivity contribution in [1.29, 1.82) is 5.26 Å². The molecule has 1 spiro atoms. The zero-order valence-corrected chi connectivity index (χ0v) is 23.1. The van der Waals surface area contributed by atoms with E-state index in [1.54, 1.807) is 12.2 Å². The van der Waals surface area contributed by atoms with Gasteiger partial charge in [0.15, 0.2) is 0 Å². The maximum atomic E-state index is 13.8. The molecule has 2 heterocycles. The number of amides is 4. The van der Waals surface area contributed by atoms with Crippen molar-refractivity contribution in [3.63, 3.8) is 0 Å². The molecule has 4 amide bonds. The average molecular weight is 568 g/mol. The minimum atomic E-state index is -5.21. The fourth-order valence-corrected chi connectivity index (χ4v) is 6.74. The van der Waals surface area contributed by atoms with Crippen molar-refractivity contribution >= 4 is 23.6 Å². The normalized spacial score (nSPS) is 32.2. The first-order valence-corrected chi connectivity index (χ1v) is 13.9. The highest BCUT2D eigenvalue weighted by Gasteiger charge is 2.70. The molecule has 5 fully saturated rings. The standard InChI is InChI=1S/C27H36F3N5O5/c1-13(40-25(4)5-6-25)18(33-23(39)27(28,29)30)22(38)35-12-16-17(24(16,2)3)19(35)21(37)32-15(11-31)9-14-10-26(7-8-26)34-20(14)36/h13-19H,5-10,12H2,1-4H3,(H,32,37)(H,33,39)(H,34,36)/t13-,14-,15+,16?,17?,18+,19?/m1/s1. The molecule has 5 rings (SSSR count). The number of ether oxygens (including phenoxy) is 1. The Morgan fingerprint density at radius 1 is 1.18 bits per heavy atom. The molecular weight excluding hydrogens is 531 g/mol. The third-order valence-electron chi connectivity index (χ3n) is 9.71. The Bertz CT molecular complexity index is 1160. The van der Waals surface area contributed by atoms with Crippen LogP contribution in [0.4, 0.5) is 13.2 Å². The van der Waals surface area contributed by atoms with E-state index < -0.39 is 59.6 Å². The van der Waals surface area contributed by atoms with Crippen molar-refractivity contribution in [3.05, 3.63) is 0 Å². The summed E-state index contributed by atoms with van der Waals surface area (Å²) >= 11 is 0. The van der Waals surface area contributed by atoms with E-state index in [0.717, 1.165) is 12.8 Å². The summed E-state index contributed by atoms with van der Waals surface area (Å²) in [5, 5.41) is 17.2. The van der Waals surface area contributed by atoms with E-state index in [1.807, 2.05) is 19.9 Å². The number of fused-ring (bicyclic) bond motifs is 1. The van der Waals surface area contributed by atoms with Gasteiger partial charge in [-0.05, 0) is 69.6 Å². The van der Waals surface area contributed by atoms with Gasteiger partial charge in [-0.3, -0.25) is 19.2 Å². The molecule has 0 aromatic heterocycles. The Morgan fingerprint density at radius 2 is 1.82 bits per heavy atom. The lowest BCUT2D eigenvalue weighted by Crippen LogP contribution is -2.61. The third-order valence-corrected chi connectivity index (χ3v) is 9.71. The van der Waals surface area contributed by atoms with Crippen molar-refractivity contribution in [1.82, 2.24) is 20.9 Å². The summed E-state index contributed by atoms with van der Waals surface area (Å²) in [5.74, 6) is -4.59. The Balaban J connectivity index is 1.32. The number of alkyl halides is 3. The largest absolute Gasteiger partial charge is 0.471 e. The molecule has 0 bridgehead atoms. The zero-order chi connectivity index (χ0) is 29.4. The zero-order valence-electron chi connectivity index (χ0n) is 23.1. The number of rotatable bonds is 9. The topological polar surface area (TPSA) is 141 Å². The second-order valence-corrected chi connectivity index (χ2v) is 13.2. The number of carbonyl (C=O) groups is 4. The highest BCUT2D eigenvalue weighted by molar-refractivity contribution is 5.95. The van der Waals surface area contributed by atoms with E-state index in [0.29, 0.717) is 19.3 Å². The van der Waals surface area contributed by atoms with Crippen molar-refractivity contribution in [3.8, 4) is 6.07 Å². The maximum absolute atomic E-state index is 13.8. The van der Waals surface area contributed by atoms with Crippen LogP contribution in [-0.4, -0.2) is 76.6 Å². The minimum absolute atomic E-state index is 0.0702. The van der Waals surface area contributed by atoms with Crippen molar-refractivity contribution < 1.29 is 37.1 Å². The molecule has 0 aromatic carbocycles. The van der Waals surface area contributed by atoms with Crippen molar-refractivity contribution in [2.24, 2.45) is 23.2 Å². The van der Waals surface area contributed by atoms with Gasteiger partial charge in [0.25, 0.3) is 0 Å². The Hall–Kier alpha value is -2.88. The molecule has 40 heavy (non-hydrogen) atoms. The third kappa shape index (κ3) is 5.27. The average Bonchev–Trinajstić information content (AvgIpc) is 3.77. The summed E-state index contributed by atoms with van der Waals surface area (Å²) in [4.78, 5) is 52.9. The molecule has 5 aliphatic rings. The van der Waals surface area contributed by atoms with Crippen LogP contribution in [0.15, 0.2) is 0 Å². The van der Waals surface area contributed by atoms with Gasteiger partial charge in [-0.25, -0.2) is 0 Å². The quantitative estimate of drug-likeness (QED) is 0.386. The molecular formula is C27H36F3N5O5. The van der Waals surface area contributed by atoms with Gasteiger partial charge in [0.1, 0.15) is 18.1 Å². The summed E-state index contributed by atoms with van der Waals surface area (Å²) in [7, 11) is 0. The van der Waals surface area contributed by atoms with E-state index in [9.17, 15) is 37.6 Å². The van der Waals surface area contributed by atoms with Gasteiger partial charge in [0.05, 0.1) is 17.8 Å². The minimum Gasteiger partial charge on any atom is -0.370 e. The summed E-state index contributed by atoms with van der Waals surface area (Å²) in [6, 6.07) is -1.63. The van der Waals surface area contributed by atoms with Crippen molar-refractivity contribution in [2.75, 3.05) is 6.54 Å². The van der Waals surface area contributed by atoms with Gasteiger partial charge in [-0.2, -0.15) is 18.4 Å². The number of carbonyl (C=O) groups excluding carboxylic acids is 4. The van der Waals surface area contributed by atoms with E-state index in [4.69, 9.17) is 4.74 Å². The first-order chi connectivity index (χ1) is 18.5. The number of nitriles is 1. The Kier molecular flexibility index (Phi) is 6.68. The van der Waals surface area contributed by atoms with Crippen molar-refractivity contribution in [2.45, 2.75) is 108 Å². The molecule has 3 unspecified atom stereocenters. The summed E-state index contributed by atoms with van der Waals surface area (Å²) < 4.78 is 45.4. The van der Waals surface area contributed by atoms with Gasteiger partial charge < -0.3 is 25.6 Å². The van der Waals surface area contributed by atoms with Crippen LogP contribution < -0.4 is 16.0 Å². The number of likely N-dealkylation sites (tertiary alicyclic amines) is 1. The molecule has 2 saturated heterocycles. The fraction of sp³-hybridized carbons (Fsp3) is 0.815. The van der Waals surface area contributed by atoms with Crippen LogP contribution in [0.5, 0.6) is 0 Å². The second-order valence-electron chi connectivity index (χ2n) is 13.2. The Morgan fingerprint density at radius 3 is 2.35 bits per heavy atom. The van der Waals surface area contributed by atoms with Crippen LogP contribution in [0.2, 0.25) is 0 Å². The molecule has 220 valence electrons. The number of hydrogen-bond acceptors (Lipinski definition) is 6. The fourth-order valence-electron chi connectivity index (χ4n) is 6.74. The molecule has 10 nitrogen and oxygen atoms in total. The van der Waals surface area contributed by atoms with Crippen LogP contribution >= 0.6 is 0 Å².